The smallest absolute Gasteiger partial charge is 0.246 e. The third-order valence-electron chi connectivity index (χ3n) is 3.61. The summed E-state index contributed by atoms with van der Waals surface area (Å²) >= 11 is 1.31. The van der Waals surface area contributed by atoms with Crippen molar-refractivity contribution in [3.8, 4) is 0 Å². The molecule has 0 aliphatic heterocycles. The second kappa shape index (κ2) is 6.17. The second-order valence-electron chi connectivity index (χ2n) is 5.29. The van der Waals surface area contributed by atoms with Crippen LogP contribution in [0.3, 0.4) is 0 Å². The number of sulfonamides is 1. The maximum atomic E-state index is 12.6. The van der Waals surface area contributed by atoms with Crippen molar-refractivity contribution in [3.05, 3.63) is 58.0 Å². The molecule has 0 spiro atoms. The first kappa shape index (κ1) is 16.9. The first-order chi connectivity index (χ1) is 11.3. The standard InChI is InChI=1S/C15H16N2O5S2/c1-10-14(11(2)22-17-10)24(19,20)16-9-15(18,12-5-3-7-21-12)13-6-4-8-23-13/h3-8,16,18H,9H2,1-2H3/t15-/m1/s1. The molecule has 9 heteroatoms. The molecule has 3 rings (SSSR count). The van der Waals surface area contributed by atoms with E-state index in [1.807, 2.05) is 0 Å². The Morgan fingerprint density at radius 2 is 2.12 bits per heavy atom. The van der Waals surface area contributed by atoms with Crippen molar-refractivity contribution in [1.29, 1.82) is 0 Å². The van der Waals surface area contributed by atoms with Gasteiger partial charge in [0.15, 0.2) is 11.4 Å². The topological polar surface area (TPSA) is 106 Å². The van der Waals surface area contributed by atoms with Crippen molar-refractivity contribution in [2.24, 2.45) is 0 Å². The molecular weight excluding hydrogens is 352 g/mol. The van der Waals surface area contributed by atoms with Crippen LogP contribution < -0.4 is 4.72 Å². The van der Waals surface area contributed by atoms with Crippen LogP contribution in [0.25, 0.3) is 0 Å². The van der Waals surface area contributed by atoms with E-state index in [2.05, 4.69) is 9.88 Å². The zero-order chi connectivity index (χ0) is 17.4. The molecule has 24 heavy (non-hydrogen) atoms. The van der Waals surface area contributed by atoms with Gasteiger partial charge in [0.05, 0.1) is 12.8 Å². The summed E-state index contributed by atoms with van der Waals surface area (Å²) in [4.78, 5) is 0.550. The number of rotatable bonds is 6. The van der Waals surface area contributed by atoms with Gasteiger partial charge in [-0.05, 0) is 37.4 Å². The average Bonchev–Trinajstić information content (AvgIpc) is 3.27. The monoisotopic (exact) mass is 368 g/mol. The summed E-state index contributed by atoms with van der Waals surface area (Å²) in [7, 11) is -3.90. The molecule has 128 valence electrons. The molecule has 0 aromatic carbocycles. The van der Waals surface area contributed by atoms with Gasteiger partial charge in [-0.2, -0.15) is 0 Å². The summed E-state index contributed by atoms with van der Waals surface area (Å²) in [5, 5.41) is 16.5. The fourth-order valence-corrected chi connectivity index (χ4v) is 4.67. The summed E-state index contributed by atoms with van der Waals surface area (Å²) in [5.74, 6) is 0.448. The molecule has 0 amide bonds. The molecule has 0 radical (unpaired) electrons. The van der Waals surface area contributed by atoms with Crippen molar-refractivity contribution in [2.45, 2.75) is 24.3 Å². The van der Waals surface area contributed by atoms with Gasteiger partial charge in [-0.1, -0.05) is 11.2 Å². The van der Waals surface area contributed by atoms with E-state index in [0.29, 0.717) is 4.88 Å². The number of aryl methyl sites for hydroxylation is 2. The predicted octanol–water partition coefficient (Wildman–Crippen LogP) is 2.16. The second-order valence-corrected chi connectivity index (χ2v) is 7.94. The van der Waals surface area contributed by atoms with E-state index >= 15 is 0 Å². The van der Waals surface area contributed by atoms with Crippen molar-refractivity contribution in [1.82, 2.24) is 9.88 Å². The maximum absolute atomic E-state index is 12.6. The van der Waals surface area contributed by atoms with Crippen LogP contribution in [-0.2, 0) is 15.6 Å². The summed E-state index contributed by atoms with van der Waals surface area (Å²) in [5.41, 5.74) is -1.35. The highest BCUT2D eigenvalue weighted by molar-refractivity contribution is 7.89. The quantitative estimate of drug-likeness (QED) is 0.691. The average molecular weight is 368 g/mol. The normalized spacial score (nSPS) is 14.6. The highest BCUT2D eigenvalue weighted by Crippen LogP contribution is 2.33. The Morgan fingerprint density at radius 1 is 1.33 bits per heavy atom. The Hall–Kier alpha value is -1.94. The fourth-order valence-electron chi connectivity index (χ4n) is 2.45. The van der Waals surface area contributed by atoms with Gasteiger partial charge >= 0.3 is 0 Å². The van der Waals surface area contributed by atoms with Gasteiger partial charge in [0.2, 0.25) is 10.0 Å². The Kier molecular flexibility index (Phi) is 4.35. The zero-order valence-corrected chi connectivity index (χ0v) is 14.6. The minimum absolute atomic E-state index is 0.0181. The molecule has 0 saturated carbocycles. The number of hydrogen-bond donors (Lipinski definition) is 2. The van der Waals surface area contributed by atoms with Gasteiger partial charge in [-0.15, -0.1) is 11.3 Å². The Bertz CT molecular complexity index is 858. The van der Waals surface area contributed by atoms with Gasteiger partial charge in [0.25, 0.3) is 0 Å². The molecule has 3 aromatic heterocycles. The van der Waals surface area contributed by atoms with E-state index in [1.54, 1.807) is 36.6 Å². The van der Waals surface area contributed by atoms with Crippen molar-refractivity contribution in [3.63, 3.8) is 0 Å². The van der Waals surface area contributed by atoms with Crippen molar-refractivity contribution in [2.75, 3.05) is 6.54 Å². The fraction of sp³-hybridized carbons (Fsp3) is 0.267. The SMILES string of the molecule is Cc1noc(C)c1S(=O)(=O)NC[C@@](O)(c1ccco1)c1cccs1. The third kappa shape index (κ3) is 2.91. The summed E-state index contributed by atoms with van der Waals surface area (Å²) in [6, 6.07) is 6.73. The van der Waals surface area contributed by atoms with Crippen LogP contribution in [-0.4, -0.2) is 25.2 Å². The molecule has 0 aliphatic rings. The van der Waals surface area contributed by atoms with Crippen LogP contribution in [0.2, 0.25) is 0 Å². The first-order valence-corrected chi connectivity index (χ1v) is 9.44. The molecule has 1 atom stereocenters. The molecule has 0 bridgehead atoms. The minimum atomic E-state index is -3.90. The maximum Gasteiger partial charge on any atom is 0.246 e. The third-order valence-corrected chi connectivity index (χ3v) is 6.28. The van der Waals surface area contributed by atoms with Gasteiger partial charge in [-0.3, -0.25) is 0 Å². The van der Waals surface area contributed by atoms with E-state index in [9.17, 15) is 13.5 Å². The Balaban J connectivity index is 1.93. The van der Waals surface area contributed by atoms with Crippen molar-refractivity contribution < 1.29 is 22.5 Å². The molecule has 3 aromatic rings. The molecule has 0 unspecified atom stereocenters. The van der Waals surface area contributed by atoms with E-state index in [0.717, 1.165) is 0 Å². The highest BCUT2D eigenvalue weighted by atomic mass is 32.2. The molecule has 2 N–H and O–H groups in total. The minimum Gasteiger partial charge on any atom is -0.466 e. The highest BCUT2D eigenvalue weighted by Gasteiger charge is 2.38. The largest absolute Gasteiger partial charge is 0.466 e. The molecule has 0 saturated heterocycles. The molecule has 0 fully saturated rings. The Labute approximate surface area is 143 Å². The molecule has 7 nitrogen and oxygen atoms in total. The molecule has 3 heterocycles. The predicted molar refractivity (Wildman–Crippen MR) is 87.2 cm³/mol. The van der Waals surface area contributed by atoms with Crippen LogP contribution in [0.15, 0.2) is 49.7 Å². The zero-order valence-electron chi connectivity index (χ0n) is 13.0. The lowest BCUT2D eigenvalue weighted by Gasteiger charge is -2.25. The summed E-state index contributed by atoms with van der Waals surface area (Å²) in [6.45, 7) is 2.78. The number of nitrogens with one attached hydrogen (secondary N) is 1. The number of aromatic nitrogens is 1. The van der Waals surface area contributed by atoms with Gasteiger partial charge in [0.1, 0.15) is 16.3 Å². The number of thiophene rings is 1. The van der Waals surface area contributed by atoms with Crippen LogP contribution >= 0.6 is 11.3 Å². The lowest BCUT2D eigenvalue weighted by molar-refractivity contribution is 0.0655. The molecular formula is C15H16N2O5S2. The number of hydrogen-bond acceptors (Lipinski definition) is 7. The van der Waals surface area contributed by atoms with E-state index in [4.69, 9.17) is 8.94 Å². The van der Waals surface area contributed by atoms with E-state index in [-0.39, 0.29) is 28.7 Å². The Morgan fingerprint density at radius 3 is 2.67 bits per heavy atom. The van der Waals surface area contributed by atoms with Gasteiger partial charge < -0.3 is 14.0 Å². The van der Waals surface area contributed by atoms with E-state index < -0.39 is 15.6 Å². The van der Waals surface area contributed by atoms with Gasteiger partial charge in [0, 0.05) is 4.88 Å². The summed E-state index contributed by atoms with van der Waals surface area (Å²) in [6.07, 6.45) is 1.43. The van der Waals surface area contributed by atoms with Crippen LogP contribution in [0, 0.1) is 13.8 Å². The number of furan rings is 1. The van der Waals surface area contributed by atoms with E-state index in [1.165, 1.54) is 24.5 Å². The molecule has 0 aliphatic carbocycles. The van der Waals surface area contributed by atoms with Gasteiger partial charge in [-0.25, -0.2) is 13.1 Å². The van der Waals surface area contributed by atoms with Crippen LogP contribution in [0.5, 0.6) is 0 Å². The first-order valence-electron chi connectivity index (χ1n) is 7.07. The lowest BCUT2D eigenvalue weighted by Crippen LogP contribution is -2.41. The lowest BCUT2D eigenvalue weighted by atomic mass is 9.99. The van der Waals surface area contributed by atoms with Crippen molar-refractivity contribution >= 4 is 21.4 Å². The number of nitrogens with zero attached hydrogens (tertiary/aromatic N) is 1. The van der Waals surface area contributed by atoms with Crippen LogP contribution in [0.1, 0.15) is 22.1 Å². The number of aliphatic hydroxyl groups is 1. The van der Waals surface area contributed by atoms with Crippen LogP contribution in [0.4, 0.5) is 0 Å². The summed E-state index contributed by atoms with van der Waals surface area (Å²) < 4.78 is 37.8.